The fourth-order valence-electron chi connectivity index (χ4n) is 8.76. The molecule has 1 heterocycles. The lowest BCUT2D eigenvalue weighted by Crippen LogP contribution is -2.13. The highest BCUT2D eigenvalue weighted by Crippen LogP contribution is 2.50. The Morgan fingerprint density at radius 1 is 0.429 bits per heavy atom. The van der Waals surface area contributed by atoms with E-state index in [2.05, 4.69) is 214 Å². The Bertz CT molecular complexity index is 3060. The third kappa shape index (κ3) is 5.68. The van der Waals surface area contributed by atoms with Gasteiger partial charge in [0.25, 0.3) is 0 Å². The van der Waals surface area contributed by atoms with Crippen molar-refractivity contribution < 1.29 is 0 Å². The predicted octanol–water partition coefficient (Wildman–Crippen LogP) is 16.3. The smallest absolute Gasteiger partial charge is 0.0624 e. The van der Waals surface area contributed by atoms with Gasteiger partial charge in [0.05, 0.1) is 5.69 Å². The van der Waals surface area contributed by atoms with Crippen molar-refractivity contribution in [3.63, 3.8) is 0 Å². The SMILES string of the molecule is Cc1cc(N(c2ccc(-c3cccc4c3sc3ccccc34)cc2)c2c(-c3ccccc3)c3ccccc3c3ccccc23)ccc1-c1ccccc1C(C)C. The van der Waals surface area contributed by atoms with Gasteiger partial charge in [-0.3, -0.25) is 0 Å². The number of nitrogens with zero attached hydrogens (tertiary/aromatic N) is 1. The summed E-state index contributed by atoms with van der Waals surface area (Å²) in [6.07, 6.45) is 0. The van der Waals surface area contributed by atoms with Crippen LogP contribution in [0.1, 0.15) is 30.9 Å². The molecule has 0 N–H and O–H groups in total. The maximum Gasteiger partial charge on any atom is 0.0624 e. The number of rotatable bonds is 7. The van der Waals surface area contributed by atoms with Gasteiger partial charge in [0, 0.05) is 42.5 Å². The number of aryl methyl sites for hydroxylation is 1. The van der Waals surface area contributed by atoms with Crippen molar-refractivity contribution in [2.45, 2.75) is 26.7 Å². The lowest BCUT2D eigenvalue weighted by atomic mass is 9.89. The van der Waals surface area contributed by atoms with E-state index in [1.54, 1.807) is 0 Å². The molecule has 0 amide bonds. The number of hydrogen-bond acceptors (Lipinski definition) is 2. The standard InChI is InChI=1S/C54H41NS/c1-35(2)41-18-7-8-19-44(41)42-33-32-40(34-36(42)3)55(39-30-28-37(29-31-39)43-25-15-26-50-47-22-13-14-27-51(47)56-54(43)50)53-49-24-12-10-21-46(49)45-20-9-11-23-48(45)52(53)38-16-5-4-6-17-38/h4-35H,1-3H3. The lowest BCUT2D eigenvalue weighted by Gasteiger charge is -2.31. The van der Waals surface area contributed by atoms with Crippen LogP contribution in [0.15, 0.2) is 188 Å². The van der Waals surface area contributed by atoms with E-state index in [1.165, 1.54) is 91.9 Å². The van der Waals surface area contributed by atoms with Gasteiger partial charge in [-0.25, -0.2) is 0 Å². The van der Waals surface area contributed by atoms with Crippen LogP contribution in [0.2, 0.25) is 0 Å². The average molecular weight is 736 g/mol. The summed E-state index contributed by atoms with van der Waals surface area (Å²) in [5.41, 5.74) is 13.5. The summed E-state index contributed by atoms with van der Waals surface area (Å²) in [7, 11) is 0. The zero-order valence-corrected chi connectivity index (χ0v) is 32.6. The molecule has 10 aromatic rings. The van der Waals surface area contributed by atoms with Crippen molar-refractivity contribution in [3.8, 4) is 33.4 Å². The molecule has 0 fully saturated rings. The van der Waals surface area contributed by atoms with Gasteiger partial charge in [-0.15, -0.1) is 11.3 Å². The zero-order valence-electron chi connectivity index (χ0n) is 31.8. The third-order valence-electron chi connectivity index (χ3n) is 11.4. The van der Waals surface area contributed by atoms with Gasteiger partial charge in [0.15, 0.2) is 0 Å². The molecule has 0 unspecified atom stereocenters. The van der Waals surface area contributed by atoms with E-state index < -0.39 is 0 Å². The molecule has 0 bridgehead atoms. The van der Waals surface area contributed by atoms with Crippen molar-refractivity contribution in [3.05, 3.63) is 199 Å². The third-order valence-corrected chi connectivity index (χ3v) is 12.6. The van der Waals surface area contributed by atoms with Gasteiger partial charge >= 0.3 is 0 Å². The molecule has 0 aliphatic carbocycles. The van der Waals surface area contributed by atoms with Crippen LogP contribution in [0.5, 0.6) is 0 Å². The van der Waals surface area contributed by atoms with Crippen LogP contribution in [0.3, 0.4) is 0 Å². The Hall–Kier alpha value is -6.48. The second-order valence-corrected chi connectivity index (χ2v) is 16.1. The molecule has 2 heteroatoms. The van der Waals surface area contributed by atoms with Gasteiger partial charge in [0.2, 0.25) is 0 Å². The summed E-state index contributed by atoms with van der Waals surface area (Å²) in [5.74, 6) is 0.427. The monoisotopic (exact) mass is 735 g/mol. The molecule has 0 saturated heterocycles. The largest absolute Gasteiger partial charge is 0.309 e. The van der Waals surface area contributed by atoms with E-state index in [0.29, 0.717) is 5.92 Å². The van der Waals surface area contributed by atoms with Gasteiger partial charge < -0.3 is 4.90 Å². The Balaban J connectivity index is 1.23. The second kappa shape index (κ2) is 14.0. The fraction of sp³-hybridized carbons (Fsp3) is 0.0741. The summed E-state index contributed by atoms with van der Waals surface area (Å²) in [5, 5.41) is 7.60. The number of anilines is 3. The van der Waals surface area contributed by atoms with E-state index in [-0.39, 0.29) is 0 Å². The van der Waals surface area contributed by atoms with Crippen molar-refractivity contribution in [1.82, 2.24) is 0 Å². The first-order valence-corrected chi connectivity index (χ1v) is 20.4. The molecule has 0 atom stereocenters. The molecule has 1 aromatic heterocycles. The summed E-state index contributed by atoms with van der Waals surface area (Å²) in [6.45, 7) is 6.83. The second-order valence-electron chi connectivity index (χ2n) is 15.1. The van der Waals surface area contributed by atoms with E-state index >= 15 is 0 Å². The molecule has 9 aromatic carbocycles. The first-order chi connectivity index (χ1) is 27.5. The van der Waals surface area contributed by atoms with Gasteiger partial charge in [-0.1, -0.05) is 172 Å². The molecule has 0 aliphatic heterocycles. The Kier molecular flexibility index (Phi) is 8.50. The molecule has 0 radical (unpaired) electrons. The summed E-state index contributed by atoms with van der Waals surface area (Å²) < 4.78 is 2.65. The van der Waals surface area contributed by atoms with Crippen LogP contribution in [-0.2, 0) is 0 Å². The molecule has 1 nitrogen and oxygen atoms in total. The molecule has 10 rings (SSSR count). The lowest BCUT2D eigenvalue weighted by molar-refractivity contribution is 0.869. The van der Waals surface area contributed by atoms with Crippen molar-refractivity contribution in [2.24, 2.45) is 0 Å². The highest BCUT2D eigenvalue weighted by atomic mass is 32.1. The van der Waals surface area contributed by atoms with Crippen LogP contribution in [-0.4, -0.2) is 0 Å². The minimum Gasteiger partial charge on any atom is -0.309 e. The molecule has 0 aliphatic rings. The molecule has 0 spiro atoms. The molecular weight excluding hydrogens is 695 g/mol. The van der Waals surface area contributed by atoms with E-state index in [0.717, 1.165) is 11.4 Å². The summed E-state index contributed by atoms with van der Waals surface area (Å²) in [4.78, 5) is 2.51. The molecule has 56 heavy (non-hydrogen) atoms. The van der Waals surface area contributed by atoms with E-state index in [9.17, 15) is 0 Å². The first-order valence-electron chi connectivity index (χ1n) is 19.5. The number of fused-ring (bicyclic) bond motifs is 6. The van der Waals surface area contributed by atoms with Crippen LogP contribution in [0.4, 0.5) is 17.1 Å². The van der Waals surface area contributed by atoms with Gasteiger partial charge in [-0.05, 0) is 98.3 Å². The number of benzene rings is 9. The van der Waals surface area contributed by atoms with E-state index in [1.807, 2.05) is 11.3 Å². The first kappa shape index (κ1) is 34.0. The fourth-order valence-corrected chi connectivity index (χ4v) is 10.00. The molecule has 268 valence electrons. The highest BCUT2D eigenvalue weighted by molar-refractivity contribution is 7.26. The average Bonchev–Trinajstić information content (AvgIpc) is 3.63. The minimum absolute atomic E-state index is 0.427. The van der Waals surface area contributed by atoms with Crippen LogP contribution >= 0.6 is 11.3 Å². The maximum absolute atomic E-state index is 2.51. The Morgan fingerprint density at radius 2 is 1.02 bits per heavy atom. The van der Waals surface area contributed by atoms with Crippen molar-refractivity contribution in [1.29, 1.82) is 0 Å². The van der Waals surface area contributed by atoms with Crippen molar-refractivity contribution >= 4 is 70.1 Å². The van der Waals surface area contributed by atoms with E-state index in [4.69, 9.17) is 0 Å². The van der Waals surface area contributed by atoms with Gasteiger partial charge in [0.1, 0.15) is 0 Å². The summed E-state index contributed by atoms with van der Waals surface area (Å²) >= 11 is 1.88. The zero-order chi connectivity index (χ0) is 37.8. The Morgan fingerprint density at radius 3 is 1.77 bits per heavy atom. The predicted molar refractivity (Wildman–Crippen MR) is 244 cm³/mol. The quantitative estimate of drug-likeness (QED) is 0.147. The molecule has 0 saturated carbocycles. The van der Waals surface area contributed by atoms with Crippen LogP contribution in [0.25, 0.3) is 75.1 Å². The summed E-state index contributed by atoms with van der Waals surface area (Å²) in [6, 6.07) is 69.4. The van der Waals surface area contributed by atoms with Crippen LogP contribution in [0, 0.1) is 6.92 Å². The molecular formula is C54H41NS. The number of thiophene rings is 1. The van der Waals surface area contributed by atoms with Gasteiger partial charge in [-0.2, -0.15) is 0 Å². The minimum atomic E-state index is 0.427. The topological polar surface area (TPSA) is 3.24 Å². The highest BCUT2D eigenvalue weighted by Gasteiger charge is 2.24. The van der Waals surface area contributed by atoms with Crippen molar-refractivity contribution in [2.75, 3.05) is 4.90 Å². The maximum atomic E-state index is 2.51. The van der Waals surface area contributed by atoms with Crippen LogP contribution < -0.4 is 4.90 Å². The number of hydrogen-bond donors (Lipinski definition) is 0. The normalized spacial score (nSPS) is 11.6. The Labute approximate surface area is 332 Å².